The van der Waals surface area contributed by atoms with Crippen molar-refractivity contribution in [1.82, 2.24) is 0 Å². The van der Waals surface area contributed by atoms with Gasteiger partial charge in [-0.15, -0.1) is 0 Å². The molecule has 0 aliphatic carbocycles. The monoisotopic (exact) mass is 298 g/mol. The molecule has 2 aromatic rings. The van der Waals surface area contributed by atoms with Crippen molar-refractivity contribution in [3.8, 4) is 11.1 Å². The second kappa shape index (κ2) is 5.20. The van der Waals surface area contributed by atoms with Gasteiger partial charge in [-0.3, -0.25) is 0 Å². The van der Waals surface area contributed by atoms with Gasteiger partial charge in [-0.25, -0.2) is 9.18 Å². The molecule has 0 aliphatic rings. The smallest absolute Gasteiger partial charge is 0.419 e. The fourth-order valence-electron chi connectivity index (χ4n) is 2.06. The van der Waals surface area contributed by atoms with Gasteiger partial charge in [0.25, 0.3) is 0 Å². The molecule has 1 N–H and O–H groups in total. The van der Waals surface area contributed by atoms with Crippen LogP contribution in [0.2, 0.25) is 0 Å². The second-order valence-corrected chi connectivity index (χ2v) is 4.50. The summed E-state index contributed by atoms with van der Waals surface area (Å²) in [5.74, 6) is -2.52. The number of alkyl halides is 3. The summed E-state index contributed by atoms with van der Waals surface area (Å²) in [5, 5.41) is 8.85. The summed E-state index contributed by atoms with van der Waals surface area (Å²) in [5.41, 5.74) is -0.957. The summed E-state index contributed by atoms with van der Waals surface area (Å²) in [6.07, 6.45) is -4.78. The van der Waals surface area contributed by atoms with Crippen LogP contribution in [0.5, 0.6) is 0 Å². The van der Waals surface area contributed by atoms with E-state index in [1.807, 2.05) is 0 Å². The number of aryl methyl sites for hydroxylation is 1. The van der Waals surface area contributed by atoms with Gasteiger partial charge in [-0.2, -0.15) is 13.2 Å². The lowest BCUT2D eigenvalue weighted by atomic mass is 9.96. The highest BCUT2D eigenvalue weighted by atomic mass is 19.4. The van der Waals surface area contributed by atoms with Gasteiger partial charge in [0.05, 0.1) is 11.1 Å². The average Bonchev–Trinajstić information content (AvgIpc) is 2.38. The average molecular weight is 298 g/mol. The zero-order valence-electron chi connectivity index (χ0n) is 10.8. The highest BCUT2D eigenvalue weighted by Crippen LogP contribution is 2.36. The van der Waals surface area contributed by atoms with Gasteiger partial charge in [-0.05, 0) is 36.2 Å². The summed E-state index contributed by atoms with van der Waals surface area (Å²) < 4.78 is 52.1. The molecule has 2 nitrogen and oxygen atoms in total. The van der Waals surface area contributed by atoms with Gasteiger partial charge in [0.15, 0.2) is 0 Å². The van der Waals surface area contributed by atoms with Crippen LogP contribution in [0, 0.1) is 12.7 Å². The normalized spacial score (nSPS) is 11.5. The predicted molar refractivity (Wildman–Crippen MR) is 68.5 cm³/mol. The molecule has 0 radical (unpaired) electrons. The number of carboxylic acids is 1. The van der Waals surface area contributed by atoms with E-state index in [-0.39, 0.29) is 16.7 Å². The van der Waals surface area contributed by atoms with Crippen molar-refractivity contribution in [2.24, 2.45) is 0 Å². The summed E-state index contributed by atoms with van der Waals surface area (Å²) >= 11 is 0. The van der Waals surface area contributed by atoms with Crippen molar-refractivity contribution >= 4 is 5.97 Å². The van der Waals surface area contributed by atoms with Gasteiger partial charge in [0, 0.05) is 5.56 Å². The minimum atomic E-state index is -4.78. The molecule has 0 saturated heterocycles. The van der Waals surface area contributed by atoms with Crippen molar-refractivity contribution < 1.29 is 27.5 Å². The Morgan fingerprint density at radius 3 is 2.29 bits per heavy atom. The molecule has 0 bridgehead atoms. The molecule has 0 unspecified atom stereocenters. The van der Waals surface area contributed by atoms with Crippen LogP contribution in [0.4, 0.5) is 17.6 Å². The number of hydrogen-bond acceptors (Lipinski definition) is 1. The van der Waals surface area contributed by atoms with E-state index in [1.54, 1.807) is 0 Å². The molecule has 0 atom stereocenters. The van der Waals surface area contributed by atoms with Gasteiger partial charge in [0.1, 0.15) is 5.82 Å². The first-order chi connectivity index (χ1) is 9.71. The molecule has 21 heavy (non-hydrogen) atoms. The molecule has 6 heteroatoms. The summed E-state index contributed by atoms with van der Waals surface area (Å²) in [6.45, 7) is 1.52. The lowest BCUT2D eigenvalue weighted by Crippen LogP contribution is -2.09. The molecule has 0 spiro atoms. The number of carboxylic acid groups (broad SMARTS) is 1. The van der Waals surface area contributed by atoms with E-state index < -0.39 is 23.5 Å². The van der Waals surface area contributed by atoms with E-state index in [1.165, 1.54) is 31.2 Å². The SMILES string of the molecule is Cc1cc(C(=O)O)ccc1-c1cccc(C(F)(F)F)c1F. The molecule has 0 fully saturated rings. The molecule has 0 aromatic heterocycles. The van der Waals surface area contributed by atoms with E-state index in [0.29, 0.717) is 11.6 Å². The van der Waals surface area contributed by atoms with Crippen LogP contribution in [0.15, 0.2) is 36.4 Å². The number of hydrogen-bond donors (Lipinski definition) is 1. The van der Waals surface area contributed by atoms with Crippen molar-refractivity contribution in [2.45, 2.75) is 13.1 Å². The van der Waals surface area contributed by atoms with Crippen LogP contribution in [0.1, 0.15) is 21.5 Å². The number of aromatic carboxylic acids is 1. The Morgan fingerprint density at radius 1 is 1.10 bits per heavy atom. The van der Waals surface area contributed by atoms with Gasteiger partial charge < -0.3 is 5.11 Å². The predicted octanol–water partition coefficient (Wildman–Crippen LogP) is 4.52. The standard InChI is InChI=1S/C15H10F4O2/c1-8-7-9(14(20)21)5-6-10(8)11-3-2-4-12(13(11)16)15(17,18)19/h2-7H,1H3,(H,20,21). The van der Waals surface area contributed by atoms with E-state index in [4.69, 9.17) is 5.11 Å². The Kier molecular flexibility index (Phi) is 3.72. The molecule has 110 valence electrons. The lowest BCUT2D eigenvalue weighted by molar-refractivity contribution is -0.139. The highest BCUT2D eigenvalue weighted by Gasteiger charge is 2.35. The Labute approximate surface area is 117 Å². The summed E-state index contributed by atoms with van der Waals surface area (Å²) in [7, 11) is 0. The van der Waals surface area contributed by atoms with E-state index in [9.17, 15) is 22.4 Å². The number of carbonyl (C=O) groups is 1. The Balaban J connectivity index is 2.61. The fourth-order valence-corrected chi connectivity index (χ4v) is 2.06. The van der Waals surface area contributed by atoms with E-state index >= 15 is 0 Å². The molecular weight excluding hydrogens is 288 g/mol. The number of benzene rings is 2. The van der Waals surface area contributed by atoms with Crippen LogP contribution in [0.25, 0.3) is 11.1 Å². The molecule has 2 aromatic carbocycles. The maximum Gasteiger partial charge on any atom is 0.419 e. The third kappa shape index (κ3) is 2.89. The number of rotatable bonds is 2. The van der Waals surface area contributed by atoms with Gasteiger partial charge in [0.2, 0.25) is 0 Å². The van der Waals surface area contributed by atoms with Crippen molar-refractivity contribution in [2.75, 3.05) is 0 Å². The highest BCUT2D eigenvalue weighted by molar-refractivity contribution is 5.89. The maximum atomic E-state index is 14.1. The van der Waals surface area contributed by atoms with E-state index in [0.717, 1.165) is 6.07 Å². The third-order valence-electron chi connectivity index (χ3n) is 3.07. The quantitative estimate of drug-likeness (QED) is 0.828. The zero-order chi connectivity index (χ0) is 15.8. The largest absolute Gasteiger partial charge is 0.478 e. The third-order valence-corrected chi connectivity index (χ3v) is 3.07. The molecule has 2 rings (SSSR count). The van der Waals surface area contributed by atoms with Crippen molar-refractivity contribution in [3.63, 3.8) is 0 Å². The van der Waals surface area contributed by atoms with Gasteiger partial charge in [-0.1, -0.05) is 18.2 Å². The fraction of sp³-hybridized carbons (Fsp3) is 0.133. The molecular formula is C15H10F4O2. The molecule has 0 aliphatic heterocycles. The van der Waals surface area contributed by atoms with Crippen LogP contribution in [-0.2, 0) is 6.18 Å². The first-order valence-corrected chi connectivity index (χ1v) is 5.92. The Bertz CT molecular complexity index is 705. The molecule has 0 amide bonds. The Hall–Kier alpha value is -2.37. The van der Waals surface area contributed by atoms with Crippen LogP contribution in [0.3, 0.4) is 0 Å². The number of halogens is 4. The topological polar surface area (TPSA) is 37.3 Å². The summed E-state index contributed by atoms with van der Waals surface area (Å²) in [4.78, 5) is 10.8. The minimum absolute atomic E-state index is 0.0105. The summed E-state index contributed by atoms with van der Waals surface area (Å²) in [6, 6.07) is 6.83. The van der Waals surface area contributed by atoms with Gasteiger partial charge >= 0.3 is 12.1 Å². The lowest BCUT2D eigenvalue weighted by Gasteiger charge is -2.13. The zero-order valence-corrected chi connectivity index (χ0v) is 10.8. The van der Waals surface area contributed by atoms with Crippen molar-refractivity contribution in [3.05, 3.63) is 58.9 Å². The second-order valence-electron chi connectivity index (χ2n) is 4.50. The van der Waals surface area contributed by atoms with Crippen LogP contribution in [-0.4, -0.2) is 11.1 Å². The van der Waals surface area contributed by atoms with Crippen LogP contribution < -0.4 is 0 Å². The minimum Gasteiger partial charge on any atom is -0.478 e. The molecule has 0 saturated carbocycles. The van der Waals surface area contributed by atoms with E-state index in [2.05, 4.69) is 0 Å². The first-order valence-electron chi connectivity index (χ1n) is 5.92. The Morgan fingerprint density at radius 2 is 1.76 bits per heavy atom. The van der Waals surface area contributed by atoms with Crippen molar-refractivity contribution in [1.29, 1.82) is 0 Å². The van der Waals surface area contributed by atoms with Crippen LogP contribution >= 0.6 is 0 Å². The maximum absolute atomic E-state index is 14.1. The first kappa shape index (κ1) is 15.0. The molecule has 0 heterocycles.